The number of rotatable bonds is 2. The van der Waals surface area contributed by atoms with Crippen LogP contribution in [0.25, 0.3) is 0 Å². The lowest BCUT2D eigenvalue weighted by Crippen LogP contribution is -2.32. The average Bonchev–Trinajstić information content (AvgIpc) is 2.63. The van der Waals surface area contributed by atoms with Crippen LogP contribution < -0.4 is 4.74 Å². The summed E-state index contributed by atoms with van der Waals surface area (Å²) in [6, 6.07) is 7.06. The van der Waals surface area contributed by atoms with E-state index in [1.165, 1.54) is 0 Å². The summed E-state index contributed by atoms with van der Waals surface area (Å²) in [7, 11) is 0. The van der Waals surface area contributed by atoms with Crippen molar-refractivity contribution < 1.29 is 22.3 Å². The van der Waals surface area contributed by atoms with Crippen molar-refractivity contribution in [3.05, 3.63) is 58.1 Å². The topological polar surface area (TPSA) is 46.5 Å². The predicted octanol–water partition coefficient (Wildman–Crippen LogP) is 5.26. The van der Waals surface area contributed by atoms with E-state index in [0.29, 0.717) is 34.1 Å². The predicted molar refractivity (Wildman–Crippen MR) is 95.2 cm³/mol. The van der Waals surface area contributed by atoms with Crippen LogP contribution in [0.1, 0.15) is 42.2 Å². The molecule has 2 aromatic rings. The highest BCUT2D eigenvalue weighted by Crippen LogP contribution is 2.51. The minimum Gasteiger partial charge on any atom is -0.490 e. The fraction of sp³-hybridized carbons (Fsp3) is 0.368. The van der Waals surface area contributed by atoms with Gasteiger partial charge >= 0.3 is 0 Å². The Balaban J connectivity index is 1.74. The summed E-state index contributed by atoms with van der Waals surface area (Å²) in [6.07, 6.45) is 2.11. The van der Waals surface area contributed by atoms with E-state index in [1.807, 2.05) is 0 Å². The van der Waals surface area contributed by atoms with Gasteiger partial charge in [-0.15, -0.1) is 0 Å². The van der Waals surface area contributed by atoms with Crippen LogP contribution >= 0.6 is 11.6 Å². The molecule has 1 heterocycles. The zero-order valence-corrected chi connectivity index (χ0v) is 15.3. The fourth-order valence-electron chi connectivity index (χ4n) is 4.30. The molecule has 7 heteroatoms. The molecule has 4 unspecified atom stereocenters. The molecule has 0 bridgehead atoms. The summed E-state index contributed by atoms with van der Waals surface area (Å²) in [4.78, 5) is 0.324. The van der Waals surface area contributed by atoms with Gasteiger partial charge in [0.25, 0.3) is 0 Å². The first-order chi connectivity index (χ1) is 12.5. The molecule has 3 nitrogen and oxygen atoms in total. The highest BCUT2D eigenvalue weighted by atomic mass is 35.5. The van der Waals surface area contributed by atoms with Crippen LogP contribution in [-0.4, -0.2) is 15.4 Å². The minimum absolute atomic E-state index is 0.00366. The van der Waals surface area contributed by atoms with Gasteiger partial charge in [0.05, 0.1) is 11.5 Å². The molecule has 1 fully saturated rings. The Bertz CT molecular complexity index is 889. The van der Waals surface area contributed by atoms with Gasteiger partial charge in [0, 0.05) is 16.5 Å². The van der Waals surface area contributed by atoms with Crippen LogP contribution in [0, 0.1) is 17.6 Å². The van der Waals surface area contributed by atoms with Gasteiger partial charge in [-0.3, -0.25) is 0 Å². The maximum absolute atomic E-state index is 14.5. The molecule has 0 saturated heterocycles. The molecule has 4 atom stereocenters. The number of benzene rings is 2. The molecule has 1 aliphatic heterocycles. The molecule has 0 amide bonds. The van der Waals surface area contributed by atoms with Gasteiger partial charge in [-0.05, 0) is 67.0 Å². The summed E-state index contributed by atoms with van der Waals surface area (Å²) in [5, 5.41) is 0.487. The average molecular weight is 399 g/mol. The molecule has 138 valence electrons. The van der Waals surface area contributed by atoms with Crippen molar-refractivity contribution in [1.29, 1.82) is 0 Å². The standard InChI is InChI=1S/C19H17ClF2O3S/c20-12-3-6-17(26(23)24)13(8-12)10-1-2-11-9-25-19-16(22)5-4-15(21)18(19)14(11)7-10/h3-6,8,10-11,14H,1-2,7,9H2,(H,23,24). The minimum atomic E-state index is -2.13. The van der Waals surface area contributed by atoms with Crippen molar-refractivity contribution in [2.45, 2.75) is 36.0 Å². The Morgan fingerprint density at radius 2 is 1.92 bits per heavy atom. The third kappa shape index (κ3) is 3.04. The molecule has 1 N–H and O–H groups in total. The van der Waals surface area contributed by atoms with E-state index in [9.17, 15) is 17.5 Å². The van der Waals surface area contributed by atoms with Gasteiger partial charge in [0.15, 0.2) is 22.6 Å². The third-order valence-electron chi connectivity index (χ3n) is 5.50. The molecular formula is C19H17ClF2O3S. The van der Waals surface area contributed by atoms with Crippen molar-refractivity contribution in [1.82, 2.24) is 0 Å². The van der Waals surface area contributed by atoms with Crippen LogP contribution in [0.4, 0.5) is 8.78 Å². The van der Waals surface area contributed by atoms with Crippen LogP contribution in [0.5, 0.6) is 5.75 Å². The molecule has 0 radical (unpaired) electrons. The monoisotopic (exact) mass is 398 g/mol. The SMILES string of the molecule is O=S(O)c1ccc(Cl)cc1C1CCC2COc3c(F)ccc(F)c3C2C1. The van der Waals surface area contributed by atoms with Gasteiger partial charge in [-0.1, -0.05) is 11.6 Å². The Kier molecular flexibility index (Phi) is 4.75. The number of hydrogen-bond acceptors (Lipinski definition) is 2. The maximum Gasteiger partial charge on any atom is 0.186 e. The van der Waals surface area contributed by atoms with Gasteiger partial charge in [-0.2, -0.15) is 0 Å². The first-order valence-corrected chi connectivity index (χ1v) is 9.95. The van der Waals surface area contributed by atoms with E-state index >= 15 is 0 Å². The summed E-state index contributed by atoms with van der Waals surface area (Å²) < 4.78 is 55.3. The number of ether oxygens (including phenoxy) is 1. The summed E-state index contributed by atoms with van der Waals surface area (Å²) in [5.74, 6) is -1.14. The van der Waals surface area contributed by atoms with Crippen LogP contribution in [0.3, 0.4) is 0 Å². The maximum atomic E-state index is 14.5. The van der Waals surface area contributed by atoms with E-state index < -0.39 is 22.7 Å². The molecule has 2 aliphatic rings. The lowest BCUT2D eigenvalue weighted by molar-refractivity contribution is 0.139. The molecule has 0 aromatic heterocycles. The molecule has 4 rings (SSSR count). The fourth-order valence-corrected chi connectivity index (χ4v) is 5.09. The molecule has 26 heavy (non-hydrogen) atoms. The second-order valence-corrected chi connectivity index (χ2v) is 8.27. The summed E-state index contributed by atoms with van der Waals surface area (Å²) in [5.41, 5.74) is 1.00. The highest BCUT2D eigenvalue weighted by Gasteiger charge is 2.40. The number of hydrogen-bond donors (Lipinski definition) is 1. The van der Waals surface area contributed by atoms with Gasteiger partial charge in [0.1, 0.15) is 5.82 Å². The Hall–Kier alpha value is -1.50. The van der Waals surface area contributed by atoms with Crippen molar-refractivity contribution in [3.8, 4) is 5.75 Å². The smallest absolute Gasteiger partial charge is 0.186 e. The molecule has 2 aromatic carbocycles. The van der Waals surface area contributed by atoms with Crippen molar-refractivity contribution in [3.63, 3.8) is 0 Å². The van der Waals surface area contributed by atoms with E-state index in [1.54, 1.807) is 18.2 Å². The molecule has 1 aliphatic carbocycles. The number of fused-ring (bicyclic) bond motifs is 3. The van der Waals surface area contributed by atoms with Crippen LogP contribution in [-0.2, 0) is 11.1 Å². The first kappa shape index (κ1) is 17.9. The van der Waals surface area contributed by atoms with Crippen molar-refractivity contribution in [2.24, 2.45) is 5.92 Å². The zero-order valence-electron chi connectivity index (χ0n) is 13.8. The zero-order chi connectivity index (χ0) is 18.4. The third-order valence-corrected chi connectivity index (χ3v) is 6.48. The Labute approximate surface area is 157 Å². The normalized spacial score (nSPS) is 25.8. The second kappa shape index (κ2) is 6.91. The number of halogens is 3. The quantitative estimate of drug-likeness (QED) is 0.702. The van der Waals surface area contributed by atoms with Gasteiger partial charge in [-0.25, -0.2) is 13.0 Å². The Morgan fingerprint density at radius 3 is 2.69 bits per heavy atom. The van der Waals surface area contributed by atoms with Gasteiger partial charge in [0.2, 0.25) is 0 Å². The van der Waals surface area contributed by atoms with E-state index in [-0.39, 0.29) is 23.5 Å². The van der Waals surface area contributed by atoms with Crippen molar-refractivity contribution in [2.75, 3.05) is 6.61 Å². The second-order valence-electron chi connectivity index (χ2n) is 6.89. The summed E-state index contributed by atoms with van der Waals surface area (Å²) >= 11 is 3.96. The molecule has 1 saturated carbocycles. The van der Waals surface area contributed by atoms with Crippen molar-refractivity contribution >= 4 is 22.7 Å². The lowest BCUT2D eigenvalue weighted by atomic mass is 9.68. The highest BCUT2D eigenvalue weighted by molar-refractivity contribution is 7.79. The van der Waals surface area contributed by atoms with Crippen LogP contribution in [0.15, 0.2) is 35.2 Å². The Morgan fingerprint density at radius 1 is 1.15 bits per heavy atom. The largest absolute Gasteiger partial charge is 0.490 e. The summed E-state index contributed by atoms with van der Waals surface area (Å²) in [6.45, 7) is 0.360. The lowest BCUT2D eigenvalue weighted by Gasteiger charge is -2.40. The first-order valence-electron chi connectivity index (χ1n) is 8.46. The van der Waals surface area contributed by atoms with E-state index in [2.05, 4.69) is 0 Å². The molecular weight excluding hydrogens is 382 g/mol. The van der Waals surface area contributed by atoms with E-state index in [4.69, 9.17) is 16.3 Å². The van der Waals surface area contributed by atoms with Crippen LogP contribution in [0.2, 0.25) is 5.02 Å². The van der Waals surface area contributed by atoms with Gasteiger partial charge < -0.3 is 9.29 Å². The van der Waals surface area contributed by atoms with E-state index in [0.717, 1.165) is 25.0 Å². The molecule has 0 spiro atoms.